The maximum Gasteiger partial charge on any atom is 0.411 e. The van der Waals surface area contributed by atoms with Crippen molar-refractivity contribution in [3.63, 3.8) is 0 Å². The lowest BCUT2D eigenvalue weighted by Crippen LogP contribution is -2.31. The summed E-state index contributed by atoms with van der Waals surface area (Å²) in [4.78, 5) is 35.8. The third-order valence-corrected chi connectivity index (χ3v) is 6.87. The number of carboxylic acids is 1. The monoisotopic (exact) mass is 606 g/mol. The number of tetrazole rings is 1. The zero-order chi connectivity index (χ0) is 31.4. The third kappa shape index (κ3) is 8.76. The van der Waals surface area contributed by atoms with Crippen LogP contribution in [-0.4, -0.2) is 60.1 Å². The molecule has 0 saturated carbocycles. The number of aryl methyl sites for hydroxylation is 1. The van der Waals surface area contributed by atoms with Gasteiger partial charge in [-0.25, -0.2) is 9.48 Å². The van der Waals surface area contributed by atoms with E-state index in [2.05, 4.69) is 36.4 Å². The number of hydrogen-bond acceptors (Lipinski definition) is 9. The van der Waals surface area contributed by atoms with Crippen LogP contribution in [0, 0.1) is 0 Å². The Morgan fingerprint density at radius 3 is 2.42 bits per heavy atom. The molecule has 0 saturated heterocycles. The highest BCUT2D eigenvalue weighted by Crippen LogP contribution is 2.25. The number of carboxylic acid groups (broad SMARTS) is 1. The number of ether oxygens (including phenoxy) is 1. The predicted octanol–water partition coefficient (Wildman–Crippen LogP) is 4.18. The molecule has 0 unspecified atom stereocenters. The highest BCUT2D eigenvalue weighted by molar-refractivity contribution is 5.85. The van der Waals surface area contributed by atoms with Gasteiger partial charge in [-0.1, -0.05) is 60.7 Å². The molecule has 2 aromatic heterocycles. The molecule has 0 aliphatic rings. The van der Waals surface area contributed by atoms with Crippen LogP contribution in [0.15, 0.2) is 97.5 Å². The fraction of sp³-hybridized carbons (Fsp3) is 0.188. The van der Waals surface area contributed by atoms with E-state index in [4.69, 9.17) is 9.84 Å². The standard InChI is InChI=1S/C32H30N8O5/c41-30(15-12-24-8-4-5-9-29(24)40-21-34-38-39-40)36-27(18-22-6-2-1-3-7-22)28-19-25(20-33-37-28)23-10-13-26(14-11-23)35-32(44)45-17-16-31(42)43/h1-11,13-14,19-21,27H,12,15-18H2,(H,35,44)(H,36,41)(H,42,43)/t27-/m0/s1. The first-order chi connectivity index (χ1) is 21.9. The average Bonchev–Trinajstić information content (AvgIpc) is 3.59. The van der Waals surface area contributed by atoms with Gasteiger partial charge in [0.25, 0.3) is 0 Å². The quantitative estimate of drug-likeness (QED) is 0.176. The van der Waals surface area contributed by atoms with Crippen LogP contribution in [0.25, 0.3) is 16.8 Å². The summed E-state index contributed by atoms with van der Waals surface area (Å²) < 4.78 is 6.44. The minimum atomic E-state index is -1.05. The van der Waals surface area contributed by atoms with Crippen molar-refractivity contribution in [3.8, 4) is 16.8 Å². The number of aromatic nitrogens is 6. The topological polar surface area (TPSA) is 174 Å². The van der Waals surface area contributed by atoms with E-state index < -0.39 is 18.1 Å². The van der Waals surface area contributed by atoms with Crippen LogP contribution in [0.1, 0.15) is 35.7 Å². The van der Waals surface area contributed by atoms with E-state index in [-0.39, 0.29) is 25.4 Å². The lowest BCUT2D eigenvalue weighted by Gasteiger charge is -2.19. The summed E-state index contributed by atoms with van der Waals surface area (Å²) in [7, 11) is 0. The van der Waals surface area contributed by atoms with Crippen molar-refractivity contribution in [2.45, 2.75) is 31.7 Å². The number of para-hydroxylation sites is 1. The van der Waals surface area contributed by atoms with Crippen molar-refractivity contribution in [1.29, 1.82) is 0 Å². The first kappa shape index (κ1) is 30.5. The number of aliphatic carboxylic acids is 1. The number of anilines is 1. The number of benzene rings is 3. The number of carbonyl (C=O) groups excluding carboxylic acids is 2. The molecule has 45 heavy (non-hydrogen) atoms. The number of carbonyl (C=O) groups is 3. The number of hydrogen-bond donors (Lipinski definition) is 3. The molecule has 5 rings (SSSR count). The Morgan fingerprint density at radius 2 is 1.67 bits per heavy atom. The van der Waals surface area contributed by atoms with Crippen molar-refractivity contribution in [1.82, 2.24) is 35.7 Å². The van der Waals surface area contributed by atoms with Crippen LogP contribution in [0.2, 0.25) is 0 Å². The van der Waals surface area contributed by atoms with Gasteiger partial charge in [0.2, 0.25) is 5.91 Å². The van der Waals surface area contributed by atoms with Gasteiger partial charge in [0.1, 0.15) is 12.9 Å². The summed E-state index contributed by atoms with van der Waals surface area (Å²) >= 11 is 0. The molecular weight excluding hydrogens is 576 g/mol. The van der Waals surface area contributed by atoms with E-state index in [1.807, 2.05) is 60.7 Å². The van der Waals surface area contributed by atoms with Crippen LogP contribution in [0.5, 0.6) is 0 Å². The average molecular weight is 607 g/mol. The zero-order valence-electron chi connectivity index (χ0n) is 24.1. The Balaban J connectivity index is 1.28. The van der Waals surface area contributed by atoms with Crippen LogP contribution in [0.4, 0.5) is 10.5 Å². The maximum absolute atomic E-state index is 13.3. The molecule has 0 spiro atoms. The molecule has 0 aliphatic heterocycles. The van der Waals surface area contributed by atoms with Gasteiger partial charge in [0.05, 0.1) is 30.0 Å². The number of rotatable bonds is 13. The Kier molecular flexibility index (Phi) is 10.1. The molecule has 2 amide bonds. The Bertz CT molecular complexity index is 1730. The molecule has 3 aromatic carbocycles. The molecule has 0 bridgehead atoms. The summed E-state index contributed by atoms with van der Waals surface area (Å²) in [6.07, 6.45) is 3.37. The van der Waals surface area contributed by atoms with Crippen LogP contribution in [0.3, 0.4) is 0 Å². The predicted molar refractivity (Wildman–Crippen MR) is 163 cm³/mol. The Labute approximate surface area is 258 Å². The molecule has 5 aromatic rings. The molecule has 228 valence electrons. The summed E-state index contributed by atoms with van der Waals surface area (Å²) in [5.74, 6) is -1.19. The lowest BCUT2D eigenvalue weighted by atomic mass is 10.00. The number of amides is 2. The largest absolute Gasteiger partial charge is 0.481 e. The highest BCUT2D eigenvalue weighted by atomic mass is 16.5. The van der Waals surface area contributed by atoms with Gasteiger partial charge in [-0.2, -0.15) is 10.2 Å². The van der Waals surface area contributed by atoms with Crippen molar-refractivity contribution < 1.29 is 24.2 Å². The summed E-state index contributed by atoms with van der Waals surface area (Å²) in [6.45, 7) is -0.223. The minimum absolute atomic E-state index is 0.139. The second-order valence-electron chi connectivity index (χ2n) is 10.0. The van der Waals surface area contributed by atoms with Crippen molar-refractivity contribution >= 4 is 23.7 Å². The maximum atomic E-state index is 13.3. The molecule has 2 heterocycles. The lowest BCUT2D eigenvalue weighted by molar-refractivity contribution is -0.137. The summed E-state index contributed by atoms with van der Waals surface area (Å²) in [6, 6.07) is 25.9. The number of nitrogens with zero attached hydrogens (tertiary/aromatic N) is 6. The Hall–Kier alpha value is -5.98. The second-order valence-corrected chi connectivity index (χ2v) is 10.0. The van der Waals surface area contributed by atoms with E-state index in [9.17, 15) is 14.4 Å². The first-order valence-electron chi connectivity index (χ1n) is 14.2. The highest BCUT2D eigenvalue weighted by Gasteiger charge is 2.19. The summed E-state index contributed by atoms with van der Waals surface area (Å²) in [5, 5.41) is 34.4. The normalized spacial score (nSPS) is 11.4. The van der Waals surface area contributed by atoms with Gasteiger partial charge >= 0.3 is 12.1 Å². The molecule has 0 fully saturated rings. The van der Waals surface area contributed by atoms with Crippen LogP contribution >= 0.6 is 0 Å². The molecular formula is C32H30N8O5. The molecule has 13 nitrogen and oxygen atoms in total. The van der Waals surface area contributed by atoms with Crippen LogP contribution < -0.4 is 10.6 Å². The van der Waals surface area contributed by atoms with Gasteiger partial charge in [-0.05, 0) is 64.2 Å². The molecule has 0 radical (unpaired) electrons. The van der Waals surface area contributed by atoms with E-state index in [1.165, 1.54) is 6.33 Å². The van der Waals surface area contributed by atoms with Crippen molar-refractivity contribution in [3.05, 3.63) is 114 Å². The van der Waals surface area contributed by atoms with Gasteiger partial charge in [-0.15, -0.1) is 5.10 Å². The molecule has 0 aliphatic carbocycles. The van der Waals surface area contributed by atoms with Crippen molar-refractivity contribution in [2.75, 3.05) is 11.9 Å². The van der Waals surface area contributed by atoms with Gasteiger partial charge in [-0.3, -0.25) is 14.9 Å². The first-order valence-corrected chi connectivity index (χ1v) is 14.2. The minimum Gasteiger partial charge on any atom is -0.481 e. The van der Waals surface area contributed by atoms with Gasteiger partial charge < -0.3 is 15.2 Å². The van der Waals surface area contributed by atoms with E-state index in [0.717, 1.165) is 27.9 Å². The SMILES string of the molecule is O=C(O)CCOC(=O)Nc1ccc(-c2cnnc([C@H](Cc3ccccc3)NC(=O)CCc3ccccc3-n3cnnn3)c2)cc1. The number of nitrogens with one attached hydrogen (secondary N) is 2. The van der Waals surface area contributed by atoms with Gasteiger partial charge in [0, 0.05) is 17.7 Å². The van der Waals surface area contributed by atoms with Crippen molar-refractivity contribution in [2.24, 2.45) is 0 Å². The Morgan fingerprint density at radius 1 is 0.889 bits per heavy atom. The second kappa shape index (κ2) is 15.0. The third-order valence-electron chi connectivity index (χ3n) is 6.87. The van der Waals surface area contributed by atoms with Gasteiger partial charge in [0.15, 0.2) is 0 Å². The fourth-order valence-electron chi connectivity index (χ4n) is 4.65. The summed E-state index contributed by atoms with van der Waals surface area (Å²) in [5.41, 5.74) is 5.46. The smallest absolute Gasteiger partial charge is 0.411 e. The molecule has 1 atom stereocenters. The van der Waals surface area contributed by atoms with Crippen LogP contribution in [-0.2, 0) is 27.2 Å². The van der Waals surface area contributed by atoms with E-state index in [1.54, 1.807) is 35.1 Å². The van der Waals surface area contributed by atoms with E-state index in [0.29, 0.717) is 24.2 Å². The molecule has 3 N–H and O–H groups in total. The molecule has 13 heteroatoms. The fourth-order valence-corrected chi connectivity index (χ4v) is 4.65. The zero-order valence-corrected chi connectivity index (χ0v) is 24.1. The van der Waals surface area contributed by atoms with E-state index >= 15 is 0 Å².